The Labute approximate surface area is 127 Å². The van der Waals surface area contributed by atoms with E-state index in [4.69, 9.17) is 4.42 Å². The Morgan fingerprint density at radius 3 is 2.50 bits per heavy atom. The van der Waals surface area contributed by atoms with Gasteiger partial charge in [0.1, 0.15) is 28.3 Å². The first kappa shape index (κ1) is 16.1. The van der Waals surface area contributed by atoms with Crippen LogP contribution in [0.5, 0.6) is 0 Å². The number of aliphatic carboxylic acids is 1. The smallest absolute Gasteiger partial charge is 0.322 e. The molecule has 0 amide bonds. The van der Waals surface area contributed by atoms with Crippen LogP contribution in [0.15, 0.2) is 33.8 Å². The number of sulfonamides is 1. The van der Waals surface area contributed by atoms with Crippen molar-refractivity contribution in [3.63, 3.8) is 0 Å². The highest BCUT2D eigenvalue weighted by Gasteiger charge is 2.29. The van der Waals surface area contributed by atoms with Gasteiger partial charge in [0, 0.05) is 18.8 Å². The van der Waals surface area contributed by atoms with Crippen molar-refractivity contribution in [1.82, 2.24) is 14.7 Å². The summed E-state index contributed by atoms with van der Waals surface area (Å²) in [5, 5.41) is 9.21. The molecule has 0 radical (unpaired) electrons. The first-order valence-corrected chi connectivity index (χ1v) is 7.86. The lowest BCUT2D eigenvalue weighted by Gasteiger charge is -2.13. The van der Waals surface area contributed by atoms with Gasteiger partial charge >= 0.3 is 5.97 Å². The Bertz CT molecular complexity index is 770. The quantitative estimate of drug-likeness (QED) is 0.799. The molecule has 0 saturated carbocycles. The maximum absolute atomic E-state index is 12.3. The summed E-state index contributed by atoms with van der Waals surface area (Å²) in [7, 11) is -4.01. The van der Waals surface area contributed by atoms with Crippen LogP contribution in [-0.2, 0) is 21.2 Å². The zero-order chi connectivity index (χ0) is 16.3. The Morgan fingerprint density at radius 1 is 1.36 bits per heavy atom. The second kappa shape index (κ2) is 6.24. The maximum Gasteiger partial charge on any atom is 0.322 e. The molecule has 0 saturated heterocycles. The number of aryl methyl sites for hydroxylation is 2. The van der Waals surface area contributed by atoms with E-state index in [0.29, 0.717) is 5.76 Å². The third-order valence-electron chi connectivity index (χ3n) is 2.89. The van der Waals surface area contributed by atoms with E-state index in [1.54, 1.807) is 13.0 Å². The molecule has 2 aromatic rings. The van der Waals surface area contributed by atoms with E-state index in [0.717, 1.165) is 0 Å². The van der Waals surface area contributed by atoms with Gasteiger partial charge in [-0.25, -0.2) is 18.4 Å². The van der Waals surface area contributed by atoms with Gasteiger partial charge < -0.3 is 9.52 Å². The zero-order valence-corrected chi connectivity index (χ0v) is 12.8. The molecule has 0 bridgehead atoms. The van der Waals surface area contributed by atoms with Crippen LogP contribution >= 0.6 is 0 Å². The van der Waals surface area contributed by atoms with Crippen molar-refractivity contribution in [1.29, 1.82) is 0 Å². The maximum atomic E-state index is 12.3. The van der Waals surface area contributed by atoms with Crippen LogP contribution in [0.4, 0.5) is 0 Å². The third-order valence-corrected chi connectivity index (χ3v) is 4.47. The fraction of sp³-hybridized carbons (Fsp3) is 0.308. The number of nitrogens with one attached hydrogen (secondary N) is 1. The Morgan fingerprint density at radius 2 is 2.00 bits per heavy atom. The predicted molar refractivity (Wildman–Crippen MR) is 75.7 cm³/mol. The first-order chi connectivity index (χ1) is 10.3. The number of hydrogen-bond donors (Lipinski definition) is 2. The highest BCUT2D eigenvalue weighted by Crippen LogP contribution is 2.19. The summed E-state index contributed by atoms with van der Waals surface area (Å²) in [5.41, 5.74) is 0. The van der Waals surface area contributed by atoms with Crippen LogP contribution in [0, 0.1) is 13.8 Å². The van der Waals surface area contributed by atoms with Crippen molar-refractivity contribution < 1.29 is 22.7 Å². The van der Waals surface area contributed by atoms with Crippen LogP contribution < -0.4 is 4.72 Å². The van der Waals surface area contributed by atoms with Crippen molar-refractivity contribution in [3.05, 3.63) is 41.9 Å². The summed E-state index contributed by atoms with van der Waals surface area (Å²) in [6.07, 6.45) is 2.75. The molecule has 22 heavy (non-hydrogen) atoms. The van der Waals surface area contributed by atoms with Crippen LogP contribution in [-0.4, -0.2) is 35.5 Å². The number of carbonyl (C=O) groups is 1. The topological polar surface area (TPSA) is 122 Å². The molecule has 9 heteroatoms. The van der Waals surface area contributed by atoms with Crippen molar-refractivity contribution >= 4 is 16.0 Å². The van der Waals surface area contributed by atoms with Gasteiger partial charge in [-0.2, -0.15) is 4.72 Å². The fourth-order valence-electron chi connectivity index (χ4n) is 1.92. The largest absolute Gasteiger partial charge is 0.480 e. The number of aromatic nitrogens is 2. The van der Waals surface area contributed by atoms with E-state index in [2.05, 4.69) is 14.7 Å². The number of rotatable bonds is 6. The van der Waals surface area contributed by atoms with Crippen LogP contribution in [0.3, 0.4) is 0 Å². The molecular weight excluding hydrogens is 310 g/mol. The minimum atomic E-state index is -4.01. The van der Waals surface area contributed by atoms with Gasteiger partial charge in [-0.05, 0) is 26.0 Å². The molecule has 0 fully saturated rings. The summed E-state index contributed by atoms with van der Waals surface area (Å²) in [4.78, 5) is 19.0. The number of carboxylic acids is 1. The van der Waals surface area contributed by atoms with Crippen LogP contribution in [0.2, 0.25) is 0 Å². The number of carboxylic acid groups (broad SMARTS) is 1. The number of nitrogens with zero attached hydrogens (tertiary/aromatic N) is 2. The Hall–Kier alpha value is -2.26. The lowest BCUT2D eigenvalue weighted by Crippen LogP contribution is -2.42. The van der Waals surface area contributed by atoms with Crippen LogP contribution in [0.1, 0.15) is 17.3 Å². The lowest BCUT2D eigenvalue weighted by molar-refractivity contribution is -0.139. The first-order valence-electron chi connectivity index (χ1n) is 6.37. The standard InChI is InChI=1S/C13H15N3O5S/c1-8-6-11(9(2)21-8)22(19,20)16-10(13(17)18)7-12-14-4-3-5-15-12/h3-6,10,16H,7H2,1-2H3,(H,17,18). The normalized spacial score (nSPS) is 13.0. The molecule has 0 aliphatic rings. The van der Waals surface area contributed by atoms with Gasteiger partial charge in [0.05, 0.1) is 0 Å². The molecule has 0 spiro atoms. The van der Waals surface area contributed by atoms with Gasteiger partial charge in [0.25, 0.3) is 0 Å². The highest BCUT2D eigenvalue weighted by atomic mass is 32.2. The highest BCUT2D eigenvalue weighted by molar-refractivity contribution is 7.89. The fourth-order valence-corrected chi connectivity index (χ4v) is 3.35. The van der Waals surface area contributed by atoms with Crippen molar-refractivity contribution in [2.75, 3.05) is 0 Å². The zero-order valence-electron chi connectivity index (χ0n) is 12.0. The minimum Gasteiger partial charge on any atom is -0.480 e. The molecule has 2 heterocycles. The van der Waals surface area contributed by atoms with Gasteiger partial charge in [-0.1, -0.05) is 0 Å². The van der Waals surface area contributed by atoms with Crippen molar-refractivity contribution in [2.24, 2.45) is 0 Å². The number of furan rings is 1. The molecule has 0 aliphatic carbocycles. The van der Waals surface area contributed by atoms with E-state index in [9.17, 15) is 18.3 Å². The average molecular weight is 325 g/mol. The van der Waals surface area contributed by atoms with E-state index in [1.165, 1.54) is 25.4 Å². The predicted octanol–water partition coefficient (Wildman–Crippen LogP) is 0.661. The molecule has 8 nitrogen and oxygen atoms in total. The minimum absolute atomic E-state index is 0.0785. The monoisotopic (exact) mass is 325 g/mol. The molecule has 1 atom stereocenters. The van der Waals surface area contributed by atoms with Gasteiger partial charge in [-0.15, -0.1) is 0 Å². The van der Waals surface area contributed by atoms with E-state index >= 15 is 0 Å². The molecular formula is C13H15N3O5S. The number of hydrogen-bond acceptors (Lipinski definition) is 6. The SMILES string of the molecule is Cc1cc(S(=O)(=O)NC(Cc2ncccn2)C(=O)O)c(C)o1. The summed E-state index contributed by atoms with van der Waals surface area (Å²) in [6, 6.07) is 1.55. The Balaban J connectivity index is 2.24. The molecule has 2 N–H and O–H groups in total. The van der Waals surface area contributed by atoms with Gasteiger partial charge in [0.15, 0.2) is 0 Å². The second-order valence-corrected chi connectivity index (χ2v) is 6.34. The van der Waals surface area contributed by atoms with Crippen molar-refractivity contribution in [3.8, 4) is 0 Å². The Kier molecular flexibility index (Phi) is 4.57. The summed E-state index contributed by atoms with van der Waals surface area (Å²) in [5.74, 6) is -0.451. The molecule has 2 aromatic heterocycles. The van der Waals surface area contributed by atoms with E-state index in [1.807, 2.05) is 0 Å². The summed E-state index contributed by atoms with van der Waals surface area (Å²) in [6.45, 7) is 3.11. The third kappa shape index (κ3) is 3.68. The molecule has 1 unspecified atom stereocenters. The van der Waals surface area contributed by atoms with Gasteiger partial charge in [0.2, 0.25) is 10.0 Å². The van der Waals surface area contributed by atoms with E-state index < -0.39 is 22.0 Å². The van der Waals surface area contributed by atoms with Crippen molar-refractivity contribution in [2.45, 2.75) is 31.2 Å². The van der Waals surface area contributed by atoms with Crippen LogP contribution in [0.25, 0.3) is 0 Å². The molecule has 0 aromatic carbocycles. The average Bonchev–Trinajstić information content (AvgIpc) is 2.79. The molecule has 0 aliphatic heterocycles. The lowest BCUT2D eigenvalue weighted by atomic mass is 10.2. The molecule has 118 valence electrons. The summed E-state index contributed by atoms with van der Waals surface area (Å²) < 4.78 is 31.9. The van der Waals surface area contributed by atoms with E-state index in [-0.39, 0.29) is 22.9 Å². The summed E-state index contributed by atoms with van der Waals surface area (Å²) >= 11 is 0. The molecule has 2 rings (SSSR count). The van der Waals surface area contributed by atoms with Gasteiger partial charge in [-0.3, -0.25) is 4.79 Å². The second-order valence-electron chi connectivity index (χ2n) is 4.66.